The van der Waals surface area contributed by atoms with Crippen molar-refractivity contribution in [1.82, 2.24) is 10.2 Å². The van der Waals surface area contributed by atoms with Crippen LogP contribution in [0, 0.1) is 0 Å². The summed E-state index contributed by atoms with van der Waals surface area (Å²) >= 11 is 0. The molecule has 148 valence electrons. The first-order chi connectivity index (χ1) is 13.6. The minimum atomic E-state index is -0.0255. The van der Waals surface area contributed by atoms with Gasteiger partial charge in [0, 0.05) is 12.2 Å². The van der Waals surface area contributed by atoms with E-state index in [0.29, 0.717) is 6.54 Å². The Morgan fingerprint density at radius 3 is 2.57 bits per heavy atom. The van der Waals surface area contributed by atoms with Crippen molar-refractivity contribution in [1.29, 1.82) is 0 Å². The van der Waals surface area contributed by atoms with E-state index in [4.69, 9.17) is 0 Å². The molecule has 28 heavy (non-hydrogen) atoms. The van der Waals surface area contributed by atoms with Crippen LogP contribution in [0.4, 0.5) is 5.69 Å². The van der Waals surface area contributed by atoms with Crippen molar-refractivity contribution in [3.63, 3.8) is 0 Å². The van der Waals surface area contributed by atoms with Gasteiger partial charge in [0.25, 0.3) is 0 Å². The molecule has 1 heterocycles. The first kappa shape index (κ1) is 20.1. The molecule has 2 amide bonds. The molecule has 2 aromatic carbocycles. The minimum Gasteiger partial charge on any atom is -0.327 e. The quantitative estimate of drug-likeness (QED) is 0.803. The molecule has 1 aliphatic heterocycles. The summed E-state index contributed by atoms with van der Waals surface area (Å²) in [6.07, 6.45) is 3.02. The van der Waals surface area contributed by atoms with Crippen molar-refractivity contribution in [3.05, 3.63) is 54.6 Å². The highest BCUT2D eigenvalue weighted by atomic mass is 16.2. The lowest BCUT2D eigenvalue weighted by Gasteiger charge is -2.41. The summed E-state index contributed by atoms with van der Waals surface area (Å²) in [5, 5.41) is 2.91. The molecule has 3 rings (SSSR count). The Bertz CT molecular complexity index is 807. The molecule has 1 N–H and O–H groups in total. The van der Waals surface area contributed by atoms with E-state index in [1.54, 1.807) is 11.9 Å². The molecule has 1 saturated heterocycles. The molecule has 1 atom stereocenters. The van der Waals surface area contributed by atoms with E-state index in [9.17, 15) is 9.59 Å². The van der Waals surface area contributed by atoms with E-state index in [-0.39, 0.29) is 30.9 Å². The maximum absolute atomic E-state index is 12.9. The molecule has 0 radical (unpaired) electrons. The van der Waals surface area contributed by atoms with Gasteiger partial charge >= 0.3 is 0 Å². The fourth-order valence-corrected chi connectivity index (χ4v) is 3.74. The van der Waals surface area contributed by atoms with Crippen LogP contribution < -0.4 is 10.2 Å². The molecule has 1 aliphatic rings. The molecule has 1 fully saturated rings. The van der Waals surface area contributed by atoms with E-state index >= 15 is 0 Å². The molecule has 0 spiro atoms. The third-order valence-corrected chi connectivity index (χ3v) is 5.24. The third-order valence-electron chi connectivity index (χ3n) is 5.24. The van der Waals surface area contributed by atoms with Gasteiger partial charge in [0.05, 0.1) is 12.6 Å². The summed E-state index contributed by atoms with van der Waals surface area (Å²) in [5.41, 5.74) is 3.11. The summed E-state index contributed by atoms with van der Waals surface area (Å²) < 4.78 is 0. The molecule has 0 saturated carbocycles. The van der Waals surface area contributed by atoms with E-state index in [1.165, 1.54) is 0 Å². The highest BCUT2D eigenvalue weighted by Gasteiger charge is 2.34. The van der Waals surface area contributed by atoms with Crippen molar-refractivity contribution in [2.75, 3.05) is 31.6 Å². The molecular weight excluding hydrogens is 350 g/mol. The van der Waals surface area contributed by atoms with E-state index < -0.39 is 0 Å². The monoisotopic (exact) mass is 379 g/mol. The topological polar surface area (TPSA) is 52.7 Å². The molecule has 2 aromatic rings. The zero-order valence-electron chi connectivity index (χ0n) is 16.7. The number of benzene rings is 2. The number of carbonyl (C=O) groups is 2. The first-order valence-electron chi connectivity index (χ1n) is 10.0. The Hall–Kier alpha value is -2.66. The van der Waals surface area contributed by atoms with Crippen molar-refractivity contribution in [2.24, 2.45) is 0 Å². The molecule has 0 aromatic heterocycles. The van der Waals surface area contributed by atoms with Gasteiger partial charge in [-0.2, -0.15) is 0 Å². The van der Waals surface area contributed by atoms with Crippen molar-refractivity contribution in [2.45, 2.75) is 32.2 Å². The lowest BCUT2D eigenvalue weighted by molar-refractivity contribution is -0.139. The Kier molecular flexibility index (Phi) is 6.82. The SMILES string of the molecule is CCCCC1CN(c2cccc(-c3ccccc3)c2)C(=O)CN1C(=O)CNC. The van der Waals surface area contributed by atoms with Crippen LogP contribution in [0.1, 0.15) is 26.2 Å². The standard InChI is InChI=1S/C23H29N3O2/c1-3-4-12-21-16-25(23(28)17-26(21)22(27)15-24-2)20-13-8-11-19(14-20)18-9-6-5-7-10-18/h5-11,13-14,21,24H,3-4,12,15-17H2,1-2H3. The lowest BCUT2D eigenvalue weighted by Crippen LogP contribution is -2.59. The molecule has 0 aliphatic carbocycles. The fraction of sp³-hybridized carbons (Fsp3) is 0.391. The van der Waals surface area contributed by atoms with Crippen molar-refractivity contribution in [3.8, 4) is 11.1 Å². The van der Waals surface area contributed by atoms with Crippen molar-refractivity contribution < 1.29 is 9.59 Å². The average molecular weight is 380 g/mol. The van der Waals surface area contributed by atoms with Crippen LogP contribution in [-0.4, -0.2) is 49.4 Å². The van der Waals surface area contributed by atoms with Gasteiger partial charge in [-0.05, 0) is 36.7 Å². The zero-order chi connectivity index (χ0) is 19.9. The number of piperazine rings is 1. The number of likely N-dealkylation sites (N-methyl/N-ethyl adjacent to an activating group) is 1. The van der Waals surface area contributed by atoms with Gasteiger partial charge in [-0.1, -0.05) is 62.2 Å². The van der Waals surface area contributed by atoms with Crippen LogP contribution in [0.25, 0.3) is 11.1 Å². The maximum atomic E-state index is 12.9. The van der Waals surface area contributed by atoms with Crippen LogP contribution in [0.5, 0.6) is 0 Å². The van der Waals surface area contributed by atoms with Gasteiger partial charge in [-0.15, -0.1) is 0 Å². The van der Waals surface area contributed by atoms with Gasteiger partial charge in [0.2, 0.25) is 11.8 Å². The van der Waals surface area contributed by atoms with Crippen LogP contribution >= 0.6 is 0 Å². The summed E-state index contributed by atoms with van der Waals surface area (Å²) in [7, 11) is 1.76. The Morgan fingerprint density at radius 2 is 1.86 bits per heavy atom. The van der Waals surface area contributed by atoms with Crippen molar-refractivity contribution >= 4 is 17.5 Å². The molecule has 5 heteroatoms. The van der Waals surface area contributed by atoms with Crippen LogP contribution in [-0.2, 0) is 9.59 Å². The highest BCUT2D eigenvalue weighted by molar-refractivity contribution is 5.98. The smallest absolute Gasteiger partial charge is 0.246 e. The predicted molar refractivity (Wildman–Crippen MR) is 113 cm³/mol. The van der Waals surface area contributed by atoms with Gasteiger partial charge < -0.3 is 15.1 Å². The largest absolute Gasteiger partial charge is 0.327 e. The molecule has 0 bridgehead atoms. The van der Waals surface area contributed by atoms with Gasteiger partial charge in [-0.3, -0.25) is 9.59 Å². The van der Waals surface area contributed by atoms with E-state index in [2.05, 4.69) is 36.5 Å². The molecule has 5 nitrogen and oxygen atoms in total. The first-order valence-corrected chi connectivity index (χ1v) is 10.0. The van der Waals surface area contributed by atoms with Gasteiger partial charge in [0.1, 0.15) is 6.54 Å². The molecule has 1 unspecified atom stereocenters. The number of amides is 2. The lowest BCUT2D eigenvalue weighted by atomic mass is 10.0. The van der Waals surface area contributed by atoms with E-state index in [0.717, 1.165) is 36.1 Å². The Morgan fingerprint density at radius 1 is 1.11 bits per heavy atom. The Balaban J connectivity index is 1.84. The maximum Gasteiger partial charge on any atom is 0.246 e. The summed E-state index contributed by atoms with van der Waals surface area (Å²) in [5.74, 6) is -0.0305. The third kappa shape index (κ3) is 4.60. The second-order valence-corrected chi connectivity index (χ2v) is 7.27. The summed E-state index contributed by atoms with van der Waals surface area (Å²) in [4.78, 5) is 29.0. The zero-order valence-corrected chi connectivity index (χ0v) is 16.7. The van der Waals surface area contributed by atoms with Crippen LogP contribution in [0.2, 0.25) is 0 Å². The molecular formula is C23H29N3O2. The number of rotatable bonds is 7. The number of nitrogens with zero attached hydrogens (tertiary/aromatic N) is 2. The average Bonchev–Trinajstić information content (AvgIpc) is 2.73. The normalized spacial score (nSPS) is 17.1. The number of hydrogen-bond acceptors (Lipinski definition) is 3. The van der Waals surface area contributed by atoms with Gasteiger partial charge in [0.15, 0.2) is 0 Å². The van der Waals surface area contributed by atoms with E-state index in [1.807, 2.05) is 35.2 Å². The number of unbranched alkanes of at least 4 members (excludes halogenated alkanes) is 1. The second kappa shape index (κ2) is 9.51. The number of carbonyl (C=O) groups excluding carboxylic acids is 2. The number of hydrogen-bond donors (Lipinski definition) is 1. The van der Waals surface area contributed by atoms with Crippen LogP contribution in [0.3, 0.4) is 0 Å². The predicted octanol–water partition coefficient (Wildman–Crippen LogP) is 3.31. The van der Waals surface area contributed by atoms with Crippen LogP contribution in [0.15, 0.2) is 54.6 Å². The number of nitrogens with one attached hydrogen (secondary N) is 1. The summed E-state index contributed by atoms with van der Waals surface area (Å²) in [6.45, 7) is 3.10. The van der Waals surface area contributed by atoms with Gasteiger partial charge in [-0.25, -0.2) is 0 Å². The minimum absolute atomic E-state index is 0.00496. The Labute approximate surface area is 167 Å². The highest BCUT2D eigenvalue weighted by Crippen LogP contribution is 2.27. The second-order valence-electron chi connectivity index (χ2n) is 7.27. The fourth-order valence-electron chi connectivity index (χ4n) is 3.74. The number of anilines is 1. The summed E-state index contributed by atoms with van der Waals surface area (Å²) in [6, 6.07) is 18.3.